The molecular weight excluding hydrogens is 229 g/mol. The van der Waals surface area contributed by atoms with Gasteiger partial charge in [0.15, 0.2) is 0 Å². The second kappa shape index (κ2) is 5.75. The van der Waals surface area contributed by atoms with Gasteiger partial charge in [-0.3, -0.25) is 4.79 Å². The maximum Gasteiger partial charge on any atom is 0.237 e. The largest absolute Gasteiger partial charge is 0.508 e. The maximum atomic E-state index is 12.9. The van der Waals surface area contributed by atoms with Crippen molar-refractivity contribution in [1.82, 2.24) is 0 Å². The normalized spacial score (nSPS) is 12.2. The van der Waals surface area contributed by atoms with Gasteiger partial charge in [0, 0.05) is 17.8 Å². The fourth-order valence-corrected chi connectivity index (χ4v) is 1.93. The van der Waals surface area contributed by atoms with E-state index in [1.807, 2.05) is 13.2 Å². The van der Waals surface area contributed by atoms with Crippen LogP contribution in [0.4, 0.5) is 10.1 Å². The SMILES string of the molecule is CC[C@@H](SC)C(=O)Nc1cc(O)cc(F)c1. The number of hydrogen-bond acceptors (Lipinski definition) is 3. The van der Waals surface area contributed by atoms with Gasteiger partial charge in [0.2, 0.25) is 5.91 Å². The van der Waals surface area contributed by atoms with Gasteiger partial charge in [-0.05, 0) is 18.7 Å². The number of rotatable bonds is 4. The molecule has 0 saturated heterocycles. The molecule has 5 heteroatoms. The first-order valence-electron chi connectivity index (χ1n) is 4.90. The number of phenolic OH excluding ortho intramolecular Hbond substituents is 1. The topological polar surface area (TPSA) is 49.3 Å². The van der Waals surface area contributed by atoms with Crippen molar-refractivity contribution in [3.8, 4) is 5.75 Å². The van der Waals surface area contributed by atoms with Crippen molar-refractivity contribution >= 4 is 23.4 Å². The molecule has 16 heavy (non-hydrogen) atoms. The lowest BCUT2D eigenvalue weighted by atomic mass is 10.2. The fourth-order valence-electron chi connectivity index (χ4n) is 1.33. The molecule has 0 bridgehead atoms. The van der Waals surface area contributed by atoms with Crippen LogP contribution in [0.15, 0.2) is 18.2 Å². The van der Waals surface area contributed by atoms with Gasteiger partial charge in [-0.1, -0.05) is 6.92 Å². The summed E-state index contributed by atoms with van der Waals surface area (Å²) < 4.78 is 12.9. The molecule has 0 heterocycles. The van der Waals surface area contributed by atoms with Crippen LogP contribution in [0.25, 0.3) is 0 Å². The third kappa shape index (κ3) is 3.41. The smallest absolute Gasteiger partial charge is 0.237 e. The van der Waals surface area contributed by atoms with Crippen molar-refractivity contribution in [3.63, 3.8) is 0 Å². The third-order valence-corrected chi connectivity index (χ3v) is 3.21. The van der Waals surface area contributed by atoms with Gasteiger partial charge in [-0.15, -0.1) is 0 Å². The summed E-state index contributed by atoms with van der Waals surface area (Å²) >= 11 is 1.44. The Balaban J connectivity index is 2.76. The number of amides is 1. The van der Waals surface area contributed by atoms with E-state index in [0.29, 0.717) is 6.42 Å². The summed E-state index contributed by atoms with van der Waals surface area (Å²) in [4.78, 5) is 11.7. The average Bonchev–Trinajstić information content (AvgIpc) is 2.17. The van der Waals surface area contributed by atoms with Crippen LogP contribution in [0.1, 0.15) is 13.3 Å². The highest BCUT2D eigenvalue weighted by Crippen LogP contribution is 2.20. The van der Waals surface area contributed by atoms with Crippen molar-refractivity contribution < 1.29 is 14.3 Å². The zero-order chi connectivity index (χ0) is 12.1. The van der Waals surface area contributed by atoms with Crippen LogP contribution in [0, 0.1) is 5.82 Å². The lowest BCUT2D eigenvalue weighted by molar-refractivity contribution is -0.115. The molecule has 0 aliphatic rings. The van der Waals surface area contributed by atoms with Crippen LogP contribution >= 0.6 is 11.8 Å². The molecule has 0 aromatic heterocycles. The van der Waals surface area contributed by atoms with Gasteiger partial charge < -0.3 is 10.4 Å². The molecular formula is C11H14FNO2S. The standard InChI is InChI=1S/C11H14FNO2S/c1-3-10(16-2)11(15)13-8-4-7(12)5-9(14)6-8/h4-6,10,14H,3H2,1-2H3,(H,13,15)/t10-/m1/s1. The first-order chi connectivity index (χ1) is 7.56. The fraction of sp³-hybridized carbons (Fsp3) is 0.364. The monoisotopic (exact) mass is 243 g/mol. The van der Waals surface area contributed by atoms with E-state index in [9.17, 15) is 9.18 Å². The average molecular weight is 243 g/mol. The van der Waals surface area contributed by atoms with E-state index in [1.54, 1.807) is 0 Å². The zero-order valence-corrected chi connectivity index (χ0v) is 9.97. The minimum Gasteiger partial charge on any atom is -0.508 e. The highest BCUT2D eigenvalue weighted by molar-refractivity contribution is 7.99. The van der Waals surface area contributed by atoms with Crippen molar-refractivity contribution in [3.05, 3.63) is 24.0 Å². The Bertz CT molecular complexity index is 360. The molecule has 0 radical (unpaired) electrons. The molecule has 1 aromatic carbocycles. The van der Waals surface area contributed by atoms with Gasteiger partial charge >= 0.3 is 0 Å². The molecule has 0 fully saturated rings. The van der Waals surface area contributed by atoms with E-state index < -0.39 is 5.82 Å². The Kier molecular flexibility index (Phi) is 4.61. The lowest BCUT2D eigenvalue weighted by Crippen LogP contribution is -2.24. The number of aromatic hydroxyl groups is 1. The predicted molar refractivity (Wildman–Crippen MR) is 64.3 cm³/mol. The first-order valence-corrected chi connectivity index (χ1v) is 6.18. The van der Waals surface area contributed by atoms with E-state index in [2.05, 4.69) is 5.32 Å². The number of halogens is 1. The van der Waals surface area contributed by atoms with Crippen molar-refractivity contribution in [1.29, 1.82) is 0 Å². The van der Waals surface area contributed by atoms with E-state index in [1.165, 1.54) is 23.9 Å². The number of carbonyl (C=O) groups is 1. The number of phenols is 1. The molecule has 2 N–H and O–H groups in total. The van der Waals surface area contributed by atoms with Crippen molar-refractivity contribution in [2.45, 2.75) is 18.6 Å². The second-order valence-electron chi connectivity index (χ2n) is 3.32. The van der Waals surface area contributed by atoms with Crippen LogP contribution in [0.2, 0.25) is 0 Å². The van der Waals surface area contributed by atoms with Crippen molar-refractivity contribution in [2.24, 2.45) is 0 Å². The Morgan fingerprint density at radius 2 is 2.25 bits per heavy atom. The van der Waals surface area contributed by atoms with Crippen LogP contribution < -0.4 is 5.32 Å². The lowest BCUT2D eigenvalue weighted by Gasteiger charge is -2.12. The van der Waals surface area contributed by atoms with Gasteiger partial charge in [-0.2, -0.15) is 11.8 Å². The van der Waals surface area contributed by atoms with E-state index in [4.69, 9.17) is 5.11 Å². The molecule has 1 rings (SSSR count). The molecule has 0 unspecified atom stereocenters. The molecule has 88 valence electrons. The molecule has 1 atom stereocenters. The predicted octanol–water partition coefficient (Wildman–Crippen LogP) is 2.61. The summed E-state index contributed by atoms with van der Waals surface area (Å²) in [6, 6.07) is 3.47. The summed E-state index contributed by atoms with van der Waals surface area (Å²) in [5.74, 6) is -0.958. The van der Waals surface area contributed by atoms with E-state index in [0.717, 1.165) is 6.07 Å². The van der Waals surface area contributed by atoms with E-state index >= 15 is 0 Å². The van der Waals surface area contributed by atoms with Gasteiger partial charge in [0.1, 0.15) is 11.6 Å². The van der Waals surface area contributed by atoms with Crippen molar-refractivity contribution in [2.75, 3.05) is 11.6 Å². The highest BCUT2D eigenvalue weighted by Gasteiger charge is 2.15. The first kappa shape index (κ1) is 12.8. The molecule has 0 aliphatic heterocycles. The number of hydrogen-bond donors (Lipinski definition) is 2. The van der Waals surface area contributed by atoms with Crippen LogP contribution in [-0.4, -0.2) is 22.5 Å². The van der Waals surface area contributed by atoms with Gasteiger partial charge in [-0.25, -0.2) is 4.39 Å². The minimum atomic E-state index is -0.576. The van der Waals surface area contributed by atoms with Gasteiger partial charge in [0.25, 0.3) is 0 Å². The molecule has 0 spiro atoms. The summed E-state index contributed by atoms with van der Waals surface area (Å²) in [6.45, 7) is 1.91. The number of carbonyl (C=O) groups excluding carboxylic acids is 1. The molecule has 0 saturated carbocycles. The summed E-state index contributed by atoms with van der Waals surface area (Å²) in [6.07, 6.45) is 2.55. The number of anilines is 1. The molecule has 3 nitrogen and oxygen atoms in total. The quantitative estimate of drug-likeness (QED) is 0.854. The molecule has 0 aliphatic carbocycles. The third-order valence-electron chi connectivity index (χ3n) is 2.10. The Morgan fingerprint density at radius 3 is 2.75 bits per heavy atom. The Hall–Kier alpha value is -1.23. The van der Waals surface area contributed by atoms with Crippen LogP contribution in [0.3, 0.4) is 0 Å². The zero-order valence-electron chi connectivity index (χ0n) is 9.16. The number of thioether (sulfide) groups is 1. The summed E-state index contributed by atoms with van der Waals surface area (Å²) in [5, 5.41) is 11.6. The summed E-state index contributed by atoms with van der Waals surface area (Å²) in [7, 11) is 0. The van der Waals surface area contributed by atoms with E-state index in [-0.39, 0.29) is 22.6 Å². The Morgan fingerprint density at radius 1 is 1.56 bits per heavy atom. The summed E-state index contributed by atoms with van der Waals surface area (Å²) in [5.41, 5.74) is 0.273. The highest BCUT2D eigenvalue weighted by atomic mass is 32.2. The number of benzene rings is 1. The molecule has 1 amide bonds. The van der Waals surface area contributed by atoms with Gasteiger partial charge in [0.05, 0.1) is 5.25 Å². The second-order valence-corrected chi connectivity index (χ2v) is 4.36. The van der Waals surface area contributed by atoms with Crippen LogP contribution in [0.5, 0.6) is 5.75 Å². The number of nitrogens with one attached hydrogen (secondary N) is 1. The minimum absolute atomic E-state index is 0.162. The Labute approximate surface area is 98.1 Å². The maximum absolute atomic E-state index is 12.9. The molecule has 1 aromatic rings. The van der Waals surface area contributed by atoms with Crippen LogP contribution in [-0.2, 0) is 4.79 Å².